The van der Waals surface area contributed by atoms with Crippen LogP contribution in [0.3, 0.4) is 0 Å². The van der Waals surface area contributed by atoms with E-state index in [9.17, 15) is 13.2 Å². The van der Waals surface area contributed by atoms with Gasteiger partial charge in [-0.1, -0.05) is 63.2 Å². The first kappa shape index (κ1) is 19.0. The maximum atomic E-state index is 12.3. The monoisotopic (exact) mass is 360 g/mol. The number of amides is 2. The minimum atomic E-state index is -3.88. The average molecular weight is 360 g/mol. The highest BCUT2D eigenvalue weighted by molar-refractivity contribution is 7.90. The summed E-state index contributed by atoms with van der Waals surface area (Å²) in [6.07, 6.45) is 0.634. The molecule has 0 aliphatic heterocycles. The molecule has 0 aliphatic carbocycles. The van der Waals surface area contributed by atoms with Gasteiger partial charge in [-0.3, -0.25) is 0 Å². The van der Waals surface area contributed by atoms with Crippen molar-refractivity contribution in [2.75, 3.05) is 6.54 Å². The van der Waals surface area contributed by atoms with Gasteiger partial charge in [0, 0.05) is 6.54 Å². The van der Waals surface area contributed by atoms with Gasteiger partial charge in [0.2, 0.25) is 0 Å². The molecule has 0 unspecified atom stereocenters. The molecule has 6 heteroatoms. The fourth-order valence-electron chi connectivity index (χ4n) is 2.32. The number of hydrogen-bond donors (Lipinski definition) is 2. The Morgan fingerprint density at radius 2 is 1.56 bits per heavy atom. The predicted octanol–water partition coefficient (Wildman–Crippen LogP) is 3.21. The Hall–Kier alpha value is -2.34. The van der Waals surface area contributed by atoms with Gasteiger partial charge in [0.15, 0.2) is 0 Å². The van der Waals surface area contributed by atoms with Crippen molar-refractivity contribution in [3.05, 3.63) is 65.7 Å². The molecule has 0 fully saturated rings. The molecular formula is C19H24N2O3S. The molecule has 0 saturated heterocycles. The van der Waals surface area contributed by atoms with Crippen molar-refractivity contribution >= 4 is 16.1 Å². The highest BCUT2D eigenvalue weighted by Gasteiger charge is 2.19. The van der Waals surface area contributed by atoms with Crippen LogP contribution in [0.2, 0.25) is 0 Å². The molecule has 0 heterocycles. The summed E-state index contributed by atoms with van der Waals surface area (Å²) in [6.45, 7) is 6.51. The van der Waals surface area contributed by atoms with Crippen LogP contribution in [0.4, 0.5) is 4.79 Å². The van der Waals surface area contributed by atoms with Crippen molar-refractivity contribution in [2.24, 2.45) is 0 Å². The Morgan fingerprint density at radius 3 is 2.12 bits per heavy atom. The van der Waals surface area contributed by atoms with E-state index in [4.69, 9.17) is 0 Å². The number of rotatable bonds is 5. The molecule has 2 aromatic rings. The zero-order valence-electron chi connectivity index (χ0n) is 14.7. The van der Waals surface area contributed by atoms with E-state index < -0.39 is 16.1 Å². The fourth-order valence-corrected chi connectivity index (χ4v) is 3.24. The Balaban J connectivity index is 1.92. The highest BCUT2D eigenvalue weighted by atomic mass is 32.2. The minimum absolute atomic E-state index is 0.0649. The summed E-state index contributed by atoms with van der Waals surface area (Å²) in [5, 5.41) is 2.56. The van der Waals surface area contributed by atoms with E-state index in [-0.39, 0.29) is 10.3 Å². The zero-order valence-corrected chi connectivity index (χ0v) is 15.6. The zero-order chi connectivity index (χ0) is 18.5. The lowest BCUT2D eigenvalue weighted by Gasteiger charge is -2.19. The first-order valence-electron chi connectivity index (χ1n) is 8.13. The van der Waals surface area contributed by atoms with Crippen LogP contribution < -0.4 is 10.0 Å². The first-order valence-corrected chi connectivity index (χ1v) is 9.62. The van der Waals surface area contributed by atoms with Crippen LogP contribution in [0.5, 0.6) is 0 Å². The lowest BCUT2D eigenvalue weighted by atomic mass is 9.87. The fraction of sp³-hybridized carbons (Fsp3) is 0.316. The van der Waals surface area contributed by atoms with Gasteiger partial charge in [-0.05, 0) is 35.1 Å². The van der Waals surface area contributed by atoms with Gasteiger partial charge >= 0.3 is 6.03 Å². The number of urea groups is 1. The molecule has 0 aromatic heterocycles. The van der Waals surface area contributed by atoms with Crippen molar-refractivity contribution in [1.82, 2.24) is 10.0 Å². The van der Waals surface area contributed by atoms with E-state index in [0.29, 0.717) is 13.0 Å². The van der Waals surface area contributed by atoms with Gasteiger partial charge < -0.3 is 5.32 Å². The lowest BCUT2D eigenvalue weighted by Crippen LogP contribution is -2.40. The van der Waals surface area contributed by atoms with E-state index in [1.54, 1.807) is 12.1 Å². The molecule has 0 spiro atoms. The van der Waals surface area contributed by atoms with Gasteiger partial charge in [-0.25, -0.2) is 17.9 Å². The molecule has 2 rings (SSSR count). The summed E-state index contributed by atoms with van der Waals surface area (Å²) in [5.74, 6) is 0. The molecule has 2 N–H and O–H groups in total. The highest BCUT2D eigenvalue weighted by Crippen LogP contribution is 2.23. The SMILES string of the molecule is CC(C)(C)c1ccc(S(=O)(=O)NC(=O)NCCc2ccccc2)cc1. The summed E-state index contributed by atoms with van der Waals surface area (Å²) in [5.41, 5.74) is 2.03. The van der Waals surface area contributed by atoms with Gasteiger partial charge in [-0.2, -0.15) is 0 Å². The second-order valence-corrected chi connectivity index (χ2v) is 8.55. The Bertz CT molecular complexity index is 808. The van der Waals surface area contributed by atoms with Crippen LogP contribution in [0.25, 0.3) is 0 Å². The van der Waals surface area contributed by atoms with Crippen LogP contribution in [0.15, 0.2) is 59.5 Å². The number of sulfonamides is 1. The largest absolute Gasteiger partial charge is 0.337 e. The van der Waals surface area contributed by atoms with Crippen LogP contribution >= 0.6 is 0 Å². The number of nitrogens with one attached hydrogen (secondary N) is 2. The molecular weight excluding hydrogens is 336 g/mol. The van der Waals surface area contributed by atoms with E-state index in [0.717, 1.165) is 11.1 Å². The van der Waals surface area contributed by atoms with Crippen LogP contribution in [0, 0.1) is 0 Å². The summed E-state index contributed by atoms with van der Waals surface area (Å²) >= 11 is 0. The maximum Gasteiger partial charge on any atom is 0.328 e. The van der Waals surface area contributed by atoms with Crippen molar-refractivity contribution in [1.29, 1.82) is 0 Å². The molecule has 5 nitrogen and oxygen atoms in total. The molecule has 0 bridgehead atoms. The summed E-state index contributed by atoms with van der Waals surface area (Å²) in [4.78, 5) is 11.9. The topological polar surface area (TPSA) is 75.3 Å². The summed E-state index contributed by atoms with van der Waals surface area (Å²) < 4.78 is 26.6. The van der Waals surface area contributed by atoms with Gasteiger partial charge in [-0.15, -0.1) is 0 Å². The number of hydrogen-bond acceptors (Lipinski definition) is 3. The van der Waals surface area contributed by atoms with E-state index >= 15 is 0 Å². The molecule has 0 atom stereocenters. The maximum absolute atomic E-state index is 12.3. The number of carbonyl (C=O) groups is 1. The number of benzene rings is 2. The Labute approximate surface area is 149 Å². The van der Waals surface area contributed by atoms with Crippen molar-refractivity contribution in [2.45, 2.75) is 37.5 Å². The predicted molar refractivity (Wildman–Crippen MR) is 99.0 cm³/mol. The summed E-state index contributed by atoms with van der Waals surface area (Å²) in [7, 11) is -3.88. The smallest absolute Gasteiger partial charge is 0.328 e. The van der Waals surface area contributed by atoms with E-state index in [2.05, 4.69) is 26.1 Å². The van der Waals surface area contributed by atoms with Gasteiger partial charge in [0.25, 0.3) is 10.0 Å². The standard InChI is InChI=1S/C19H24N2O3S/c1-19(2,3)16-9-11-17(12-10-16)25(23,24)21-18(22)20-14-13-15-7-5-4-6-8-15/h4-12H,13-14H2,1-3H3,(H2,20,21,22). The first-order chi connectivity index (χ1) is 11.7. The third-order valence-electron chi connectivity index (χ3n) is 3.80. The minimum Gasteiger partial charge on any atom is -0.337 e. The molecule has 0 aliphatic rings. The normalized spacial score (nSPS) is 11.8. The molecule has 134 valence electrons. The molecule has 2 aromatic carbocycles. The quantitative estimate of drug-likeness (QED) is 0.860. The second kappa shape index (κ2) is 7.70. The average Bonchev–Trinajstić information content (AvgIpc) is 2.55. The van der Waals surface area contributed by atoms with Gasteiger partial charge in [0.05, 0.1) is 4.90 Å². The Morgan fingerprint density at radius 1 is 0.960 bits per heavy atom. The third-order valence-corrected chi connectivity index (χ3v) is 5.15. The van der Waals surface area contributed by atoms with Crippen molar-refractivity contribution in [3.8, 4) is 0 Å². The molecule has 0 saturated carbocycles. The van der Waals surface area contributed by atoms with Crippen molar-refractivity contribution in [3.63, 3.8) is 0 Å². The van der Waals surface area contributed by atoms with E-state index in [1.165, 1.54) is 12.1 Å². The van der Waals surface area contributed by atoms with E-state index in [1.807, 2.05) is 35.1 Å². The third kappa shape index (κ3) is 5.60. The second-order valence-electron chi connectivity index (χ2n) is 6.87. The van der Waals surface area contributed by atoms with Crippen LogP contribution in [0.1, 0.15) is 31.9 Å². The Kier molecular flexibility index (Phi) is 5.85. The molecule has 0 radical (unpaired) electrons. The number of carbonyl (C=O) groups excluding carboxylic acids is 1. The van der Waals surface area contributed by atoms with Crippen LogP contribution in [-0.4, -0.2) is 21.0 Å². The van der Waals surface area contributed by atoms with Gasteiger partial charge in [0.1, 0.15) is 0 Å². The van der Waals surface area contributed by atoms with Crippen LogP contribution in [-0.2, 0) is 21.9 Å². The lowest BCUT2D eigenvalue weighted by molar-refractivity contribution is 0.246. The molecule has 25 heavy (non-hydrogen) atoms. The molecule has 2 amide bonds. The summed E-state index contributed by atoms with van der Waals surface area (Å²) in [6, 6.07) is 15.5. The van der Waals surface area contributed by atoms with Crippen molar-refractivity contribution < 1.29 is 13.2 Å².